The normalized spacial score (nSPS) is 16.5. The van der Waals surface area contributed by atoms with E-state index in [4.69, 9.17) is 26.5 Å². The molecule has 3 aromatic rings. The summed E-state index contributed by atoms with van der Waals surface area (Å²) in [5, 5.41) is 8.38. The molecular formula is C24H26N4O2S. The molecule has 4 rings (SSSR count). The maximum Gasteiger partial charge on any atom is 0.258 e. The van der Waals surface area contributed by atoms with Gasteiger partial charge in [-0.3, -0.25) is 0 Å². The standard InChI is InChI=1S/C24H26N4O2S/c1-5-16-10-12-17(13-11-16)22-26-23(30-27-22)20-15(3)28(6-2)24(31)25-21(20)18-8-7-9-19(14-18)29-4/h7-14,21H,5-6H2,1-4H3,(H,25,31). The topological polar surface area (TPSA) is 63.4 Å². The number of aryl methyl sites for hydroxylation is 1. The Balaban J connectivity index is 1.78. The molecule has 1 unspecified atom stereocenters. The van der Waals surface area contributed by atoms with Gasteiger partial charge in [0, 0.05) is 17.8 Å². The minimum Gasteiger partial charge on any atom is -0.497 e. The van der Waals surface area contributed by atoms with Gasteiger partial charge < -0.3 is 19.5 Å². The summed E-state index contributed by atoms with van der Waals surface area (Å²) in [6.45, 7) is 6.98. The van der Waals surface area contributed by atoms with Crippen LogP contribution in [0.25, 0.3) is 17.0 Å². The quantitative estimate of drug-likeness (QED) is 0.548. The van der Waals surface area contributed by atoms with Gasteiger partial charge in [-0.05, 0) is 55.7 Å². The number of nitrogens with zero attached hydrogens (tertiary/aromatic N) is 3. The van der Waals surface area contributed by atoms with Gasteiger partial charge in [0.1, 0.15) is 5.75 Å². The molecule has 2 aromatic carbocycles. The zero-order chi connectivity index (χ0) is 22.0. The van der Waals surface area contributed by atoms with Crippen molar-refractivity contribution in [1.29, 1.82) is 0 Å². The van der Waals surface area contributed by atoms with E-state index in [0.717, 1.165) is 41.1 Å². The molecule has 0 amide bonds. The molecule has 1 aliphatic rings. The highest BCUT2D eigenvalue weighted by atomic mass is 32.1. The van der Waals surface area contributed by atoms with Crippen molar-refractivity contribution in [2.75, 3.05) is 13.7 Å². The highest BCUT2D eigenvalue weighted by Crippen LogP contribution is 2.38. The second-order valence-corrected chi connectivity index (χ2v) is 7.76. The summed E-state index contributed by atoms with van der Waals surface area (Å²) in [6.07, 6.45) is 0.991. The highest BCUT2D eigenvalue weighted by molar-refractivity contribution is 7.80. The summed E-state index contributed by atoms with van der Waals surface area (Å²) in [4.78, 5) is 6.79. The predicted molar refractivity (Wildman–Crippen MR) is 126 cm³/mol. The Labute approximate surface area is 187 Å². The van der Waals surface area contributed by atoms with E-state index in [9.17, 15) is 0 Å². The van der Waals surface area contributed by atoms with E-state index in [1.54, 1.807) is 7.11 Å². The Morgan fingerprint density at radius 3 is 2.61 bits per heavy atom. The van der Waals surface area contributed by atoms with Crippen LogP contribution >= 0.6 is 12.2 Å². The molecule has 1 atom stereocenters. The summed E-state index contributed by atoms with van der Waals surface area (Å²) in [5.74, 6) is 1.83. The van der Waals surface area contributed by atoms with Crippen molar-refractivity contribution in [1.82, 2.24) is 20.4 Å². The molecule has 0 bridgehead atoms. The second kappa shape index (κ2) is 8.89. The number of nitrogens with one attached hydrogen (secondary N) is 1. The molecule has 1 aromatic heterocycles. The van der Waals surface area contributed by atoms with Crippen LogP contribution in [-0.2, 0) is 6.42 Å². The van der Waals surface area contributed by atoms with Crippen molar-refractivity contribution in [2.45, 2.75) is 33.2 Å². The maximum absolute atomic E-state index is 5.76. The van der Waals surface area contributed by atoms with E-state index in [0.29, 0.717) is 16.8 Å². The number of methoxy groups -OCH3 is 1. The molecule has 0 saturated carbocycles. The Morgan fingerprint density at radius 2 is 1.94 bits per heavy atom. The fourth-order valence-corrected chi connectivity index (χ4v) is 4.23. The first-order chi connectivity index (χ1) is 15.0. The van der Waals surface area contributed by atoms with E-state index in [2.05, 4.69) is 36.5 Å². The van der Waals surface area contributed by atoms with Crippen LogP contribution in [-0.4, -0.2) is 33.8 Å². The first-order valence-electron chi connectivity index (χ1n) is 10.4. The minimum absolute atomic E-state index is 0.221. The average Bonchev–Trinajstić information content (AvgIpc) is 3.28. The zero-order valence-electron chi connectivity index (χ0n) is 18.2. The van der Waals surface area contributed by atoms with Crippen LogP contribution in [0.1, 0.15) is 43.8 Å². The van der Waals surface area contributed by atoms with Gasteiger partial charge in [0.2, 0.25) is 5.82 Å². The molecule has 2 heterocycles. The number of thiocarbonyl (C=S) groups is 1. The van der Waals surface area contributed by atoms with E-state index in [1.807, 2.05) is 48.2 Å². The van der Waals surface area contributed by atoms with Crippen molar-refractivity contribution in [3.63, 3.8) is 0 Å². The van der Waals surface area contributed by atoms with E-state index >= 15 is 0 Å². The Hall–Kier alpha value is -3.19. The third-order valence-electron chi connectivity index (χ3n) is 5.62. The third-order valence-corrected chi connectivity index (χ3v) is 5.95. The summed E-state index contributed by atoms with van der Waals surface area (Å²) in [5.41, 5.74) is 5.12. The molecule has 0 fully saturated rings. The van der Waals surface area contributed by atoms with Gasteiger partial charge in [0.15, 0.2) is 5.11 Å². The van der Waals surface area contributed by atoms with Crippen molar-refractivity contribution in [3.05, 3.63) is 71.2 Å². The fourth-order valence-electron chi connectivity index (χ4n) is 3.85. The van der Waals surface area contributed by atoms with Gasteiger partial charge in [0.25, 0.3) is 5.89 Å². The molecule has 0 radical (unpaired) electrons. The monoisotopic (exact) mass is 434 g/mol. The number of ether oxygens (including phenoxy) is 1. The Kier molecular flexibility index (Phi) is 6.04. The number of benzene rings is 2. The number of aromatic nitrogens is 2. The lowest BCUT2D eigenvalue weighted by molar-refractivity contribution is 0.397. The van der Waals surface area contributed by atoms with E-state index < -0.39 is 0 Å². The Morgan fingerprint density at radius 1 is 1.16 bits per heavy atom. The van der Waals surface area contributed by atoms with Crippen LogP contribution in [0.5, 0.6) is 5.75 Å². The first kappa shape index (κ1) is 21.1. The summed E-state index contributed by atoms with van der Waals surface area (Å²) < 4.78 is 11.2. The minimum atomic E-state index is -0.221. The van der Waals surface area contributed by atoms with Crippen LogP contribution in [0, 0.1) is 0 Å². The zero-order valence-corrected chi connectivity index (χ0v) is 19.0. The molecule has 0 aliphatic carbocycles. The number of allylic oxidation sites excluding steroid dienone is 1. The molecule has 1 aliphatic heterocycles. The molecule has 31 heavy (non-hydrogen) atoms. The molecule has 6 nitrogen and oxygen atoms in total. The molecule has 160 valence electrons. The van der Waals surface area contributed by atoms with Crippen molar-refractivity contribution >= 4 is 22.9 Å². The lowest BCUT2D eigenvalue weighted by Gasteiger charge is -2.36. The SMILES string of the molecule is CCc1ccc(-c2noc(C3=C(C)N(CC)C(=S)NC3c3cccc(OC)c3)n2)cc1. The van der Waals surface area contributed by atoms with Crippen molar-refractivity contribution in [3.8, 4) is 17.1 Å². The second-order valence-electron chi connectivity index (χ2n) is 7.38. The van der Waals surface area contributed by atoms with Crippen LogP contribution in [0.3, 0.4) is 0 Å². The van der Waals surface area contributed by atoms with Gasteiger partial charge in [-0.15, -0.1) is 0 Å². The Bertz CT molecular complexity index is 1120. The van der Waals surface area contributed by atoms with Crippen LogP contribution in [0.4, 0.5) is 0 Å². The van der Waals surface area contributed by atoms with Gasteiger partial charge in [-0.2, -0.15) is 4.98 Å². The molecule has 0 spiro atoms. The number of rotatable bonds is 6. The molecular weight excluding hydrogens is 408 g/mol. The average molecular weight is 435 g/mol. The smallest absolute Gasteiger partial charge is 0.258 e. The van der Waals surface area contributed by atoms with Gasteiger partial charge >= 0.3 is 0 Å². The summed E-state index contributed by atoms with van der Waals surface area (Å²) >= 11 is 5.63. The molecule has 1 N–H and O–H groups in total. The summed E-state index contributed by atoms with van der Waals surface area (Å²) in [7, 11) is 1.66. The first-order valence-corrected chi connectivity index (χ1v) is 10.8. The molecule has 0 saturated heterocycles. The van der Waals surface area contributed by atoms with Crippen molar-refractivity contribution in [2.24, 2.45) is 0 Å². The van der Waals surface area contributed by atoms with Gasteiger partial charge in [0.05, 0.1) is 18.7 Å². The van der Waals surface area contributed by atoms with Gasteiger partial charge in [-0.1, -0.05) is 48.5 Å². The van der Waals surface area contributed by atoms with Crippen molar-refractivity contribution < 1.29 is 9.26 Å². The van der Waals surface area contributed by atoms with E-state index in [1.165, 1.54) is 5.56 Å². The van der Waals surface area contributed by atoms with Gasteiger partial charge in [-0.25, -0.2) is 0 Å². The number of hydrogen-bond donors (Lipinski definition) is 1. The third kappa shape index (κ3) is 4.05. The number of hydrogen-bond acceptors (Lipinski definition) is 5. The van der Waals surface area contributed by atoms with Crippen LogP contribution in [0.15, 0.2) is 58.8 Å². The fraction of sp³-hybridized carbons (Fsp3) is 0.292. The highest BCUT2D eigenvalue weighted by Gasteiger charge is 2.33. The summed E-state index contributed by atoms with van der Waals surface area (Å²) in [6, 6.07) is 15.9. The maximum atomic E-state index is 5.76. The largest absolute Gasteiger partial charge is 0.497 e. The predicted octanol–water partition coefficient (Wildman–Crippen LogP) is 4.99. The molecule has 7 heteroatoms. The van der Waals surface area contributed by atoms with Crippen LogP contribution in [0.2, 0.25) is 0 Å². The lowest BCUT2D eigenvalue weighted by Crippen LogP contribution is -2.45. The lowest BCUT2D eigenvalue weighted by atomic mass is 9.94. The van der Waals surface area contributed by atoms with E-state index in [-0.39, 0.29) is 6.04 Å². The van der Waals surface area contributed by atoms with Crippen LogP contribution < -0.4 is 10.1 Å².